The number of nitrogens with one attached hydrogen (secondary N) is 1. The number of benzene rings is 1. The Labute approximate surface area is 195 Å². The van der Waals surface area contributed by atoms with Gasteiger partial charge < -0.3 is 15.8 Å². The molecule has 0 bridgehead atoms. The van der Waals surface area contributed by atoms with Crippen LogP contribution in [0.5, 0.6) is 0 Å². The van der Waals surface area contributed by atoms with Gasteiger partial charge in [-0.15, -0.1) is 0 Å². The first-order chi connectivity index (χ1) is 15.5. The normalized spacial score (nSPS) is 11.5. The van der Waals surface area contributed by atoms with E-state index < -0.39 is 0 Å². The van der Waals surface area contributed by atoms with Crippen LogP contribution < -0.4 is 11.1 Å². The van der Waals surface area contributed by atoms with Crippen LogP contribution >= 0.6 is 23.2 Å². The van der Waals surface area contributed by atoms with Crippen molar-refractivity contribution in [1.82, 2.24) is 20.1 Å². The van der Waals surface area contributed by atoms with Crippen LogP contribution in [0.1, 0.15) is 23.2 Å². The van der Waals surface area contributed by atoms with Gasteiger partial charge in [0.2, 0.25) is 0 Å². The van der Waals surface area contributed by atoms with E-state index in [9.17, 15) is 4.79 Å². The first-order valence-corrected chi connectivity index (χ1v) is 10.4. The fraction of sp³-hybridized carbons (Fsp3) is 0.130. The summed E-state index contributed by atoms with van der Waals surface area (Å²) in [6.45, 7) is 0.521. The third-order valence-corrected chi connectivity index (χ3v) is 5.18. The maximum absolute atomic E-state index is 11.2. The number of carbonyl (C=O) groups excluding carboxylic acids is 1. The summed E-state index contributed by atoms with van der Waals surface area (Å²) in [4.78, 5) is 15.6. The van der Waals surface area contributed by atoms with Crippen molar-refractivity contribution < 1.29 is 4.79 Å². The van der Waals surface area contributed by atoms with Crippen LogP contribution in [0.3, 0.4) is 0 Å². The lowest BCUT2D eigenvalue weighted by atomic mass is 10.0. The van der Waals surface area contributed by atoms with E-state index in [1.807, 2.05) is 12.3 Å². The van der Waals surface area contributed by atoms with Gasteiger partial charge in [-0.3, -0.25) is 9.67 Å². The van der Waals surface area contributed by atoms with Crippen LogP contribution in [-0.4, -0.2) is 21.1 Å². The summed E-state index contributed by atoms with van der Waals surface area (Å²) < 4.78 is 1.71. The fourth-order valence-corrected chi connectivity index (χ4v) is 3.61. The highest BCUT2D eigenvalue weighted by atomic mass is 35.5. The Morgan fingerprint density at radius 1 is 1.25 bits per heavy atom. The third-order valence-electron chi connectivity index (χ3n) is 4.55. The van der Waals surface area contributed by atoms with E-state index in [0.29, 0.717) is 40.0 Å². The summed E-state index contributed by atoms with van der Waals surface area (Å²) >= 11 is 12.3. The van der Waals surface area contributed by atoms with Crippen molar-refractivity contribution in [1.29, 1.82) is 5.26 Å². The lowest BCUT2D eigenvalue weighted by Crippen LogP contribution is -2.04. The molecule has 0 amide bonds. The molecule has 1 aromatic carbocycles. The van der Waals surface area contributed by atoms with Gasteiger partial charge in [0.15, 0.2) is 0 Å². The van der Waals surface area contributed by atoms with Gasteiger partial charge in [0.25, 0.3) is 0 Å². The summed E-state index contributed by atoms with van der Waals surface area (Å²) in [5.41, 5.74) is 10.1. The van der Waals surface area contributed by atoms with Crippen LogP contribution in [0.4, 0.5) is 0 Å². The van der Waals surface area contributed by atoms with Crippen LogP contribution in [0.25, 0.3) is 22.9 Å². The number of hydrogen-bond acceptors (Lipinski definition) is 6. The summed E-state index contributed by atoms with van der Waals surface area (Å²) in [5, 5.41) is 16.8. The quantitative estimate of drug-likeness (QED) is 0.451. The molecule has 0 aliphatic heterocycles. The molecule has 9 heteroatoms. The summed E-state index contributed by atoms with van der Waals surface area (Å²) in [7, 11) is 0. The van der Waals surface area contributed by atoms with Gasteiger partial charge in [-0.25, -0.2) is 0 Å². The molecule has 0 spiro atoms. The summed E-state index contributed by atoms with van der Waals surface area (Å²) in [5.74, 6) is 0. The molecule has 32 heavy (non-hydrogen) atoms. The molecule has 162 valence electrons. The van der Waals surface area contributed by atoms with E-state index in [4.69, 9.17) is 34.2 Å². The van der Waals surface area contributed by atoms with Gasteiger partial charge in [0.05, 0.1) is 46.7 Å². The second kappa shape index (κ2) is 11.1. The second-order valence-electron chi connectivity index (χ2n) is 6.74. The van der Waals surface area contributed by atoms with Crippen molar-refractivity contribution in [2.45, 2.75) is 19.4 Å². The van der Waals surface area contributed by atoms with Crippen molar-refractivity contribution in [3.8, 4) is 17.2 Å². The standard InChI is InChI=1S/C23H20Cl2N6O/c24-19-3-1-4-20(25)23(19)21(27)14-28-8-5-22-16(6-10-32)11-17(12-29-22)18-13-30-31(15-18)9-2-7-26/h1,3-5,8,10-15,28H,2,6,9,27H2/b8-5-,21-14-. The van der Waals surface area contributed by atoms with Crippen molar-refractivity contribution in [2.24, 2.45) is 5.73 Å². The second-order valence-corrected chi connectivity index (χ2v) is 7.55. The number of pyridine rings is 1. The number of nitrogens with two attached hydrogens (primary N) is 1. The molecule has 0 radical (unpaired) electrons. The molecular weight excluding hydrogens is 447 g/mol. The number of nitrogens with zero attached hydrogens (tertiary/aromatic N) is 4. The van der Waals surface area contributed by atoms with E-state index >= 15 is 0 Å². The van der Waals surface area contributed by atoms with Crippen LogP contribution in [0.15, 0.2) is 55.3 Å². The molecule has 0 aliphatic carbocycles. The van der Waals surface area contributed by atoms with Gasteiger partial charge in [0, 0.05) is 47.9 Å². The zero-order valence-corrected chi connectivity index (χ0v) is 18.5. The molecule has 0 unspecified atom stereocenters. The third kappa shape index (κ3) is 5.76. The molecule has 3 N–H and O–H groups in total. The number of nitriles is 1. The zero-order valence-electron chi connectivity index (χ0n) is 17.0. The van der Waals surface area contributed by atoms with Crippen LogP contribution in [0.2, 0.25) is 10.0 Å². The molecule has 0 fully saturated rings. The molecule has 3 rings (SSSR count). The number of carbonyl (C=O) groups is 1. The molecule has 3 aromatic rings. The lowest BCUT2D eigenvalue weighted by molar-refractivity contribution is -0.107. The topological polar surface area (TPSA) is 110 Å². The minimum Gasteiger partial charge on any atom is -0.397 e. The van der Waals surface area contributed by atoms with E-state index in [1.165, 1.54) is 0 Å². The number of hydrogen-bond donors (Lipinski definition) is 2. The Morgan fingerprint density at radius 3 is 2.75 bits per heavy atom. The Morgan fingerprint density at radius 2 is 2.03 bits per heavy atom. The average Bonchev–Trinajstić information content (AvgIpc) is 3.25. The lowest BCUT2D eigenvalue weighted by Gasteiger charge is -2.07. The molecular formula is C23H20Cl2N6O. The van der Waals surface area contributed by atoms with E-state index in [-0.39, 0.29) is 6.42 Å². The number of rotatable bonds is 9. The van der Waals surface area contributed by atoms with E-state index in [2.05, 4.69) is 21.5 Å². The summed E-state index contributed by atoms with van der Waals surface area (Å²) in [6, 6.07) is 9.17. The first kappa shape index (κ1) is 23.1. The Kier molecular flexibility index (Phi) is 8.03. The Bertz CT molecular complexity index is 1190. The zero-order chi connectivity index (χ0) is 22.9. The molecule has 0 saturated carbocycles. The van der Waals surface area contributed by atoms with Crippen molar-refractivity contribution >= 4 is 41.3 Å². The molecule has 0 atom stereocenters. The van der Waals surface area contributed by atoms with Gasteiger partial charge in [-0.05, 0) is 29.8 Å². The molecule has 7 nitrogen and oxygen atoms in total. The highest BCUT2D eigenvalue weighted by Gasteiger charge is 2.09. The van der Waals surface area contributed by atoms with E-state index in [1.54, 1.807) is 53.8 Å². The number of halogens is 2. The SMILES string of the molecule is N#CCCn1cc(-c2cnc(/C=C\N/C=C(\N)c3c(Cl)cccc3Cl)c(CC=O)c2)cn1. The van der Waals surface area contributed by atoms with Crippen LogP contribution in [-0.2, 0) is 17.8 Å². The van der Waals surface area contributed by atoms with Crippen molar-refractivity contribution in [3.05, 3.63) is 82.1 Å². The minimum atomic E-state index is 0.219. The molecule has 0 saturated heterocycles. The largest absolute Gasteiger partial charge is 0.397 e. The highest BCUT2D eigenvalue weighted by Crippen LogP contribution is 2.28. The van der Waals surface area contributed by atoms with Crippen molar-refractivity contribution in [3.63, 3.8) is 0 Å². The minimum absolute atomic E-state index is 0.219. The van der Waals surface area contributed by atoms with Crippen molar-refractivity contribution in [2.75, 3.05) is 0 Å². The Balaban J connectivity index is 1.76. The smallest absolute Gasteiger partial charge is 0.124 e. The van der Waals surface area contributed by atoms with Crippen LogP contribution in [0, 0.1) is 11.3 Å². The van der Waals surface area contributed by atoms with Gasteiger partial charge in [-0.2, -0.15) is 10.4 Å². The van der Waals surface area contributed by atoms with Gasteiger partial charge in [-0.1, -0.05) is 29.3 Å². The fourth-order valence-electron chi connectivity index (χ4n) is 2.99. The van der Waals surface area contributed by atoms with Gasteiger partial charge >= 0.3 is 0 Å². The molecule has 0 aliphatic rings. The Hall–Kier alpha value is -3.60. The van der Waals surface area contributed by atoms with Gasteiger partial charge in [0.1, 0.15) is 6.29 Å². The van der Waals surface area contributed by atoms with E-state index in [0.717, 1.165) is 23.0 Å². The first-order valence-electron chi connectivity index (χ1n) is 9.68. The highest BCUT2D eigenvalue weighted by molar-refractivity contribution is 6.37. The number of aldehydes is 1. The average molecular weight is 467 g/mol. The molecule has 2 aromatic heterocycles. The number of aromatic nitrogens is 3. The number of aryl methyl sites for hydroxylation is 1. The summed E-state index contributed by atoms with van der Waals surface area (Å²) in [6.07, 6.45) is 11.7. The molecule has 2 heterocycles. The monoisotopic (exact) mass is 466 g/mol. The predicted molar refractivity (Wildman–Crippen MR) is 126 cm³/mol. The maximum Gasteiger partial charge on any atom is 0.124 e. The maximum atomic E-state index is 11.2. The predicted octanol–water partition coefficient (Wildman–Crippen LogP) is 4.42.